The molecule has 0 aliphatic heterocycles. The number of amides is 2. The summed E-state index contributed by atoms with van der Waals surface area (Å²) in [5.41, 5.74) is -0.623. The molecule has 0 bridgehead atoms. The van der Waals surface area contributed by atoms with Gasteiger partial charge >= 0.3 is 5.97 Å². The van der Waals surface area contributed by atoms with Crippen LogP contribution >= 0.6 is 0 Å². The first kappa shape index (κ1) is 16.1. The molecule has 102 valence electrons. The normalized spacial score (nSPS) is 12.5. The van der Waals surface area contributed by atoms with E-state index in [1.165, 1.54) is 20.9 Å². The van der Waals surface area contributed by atoms with Gasteiger partial charge in [0, 0.05) is 24.7 Å². The lowest BCUT2D eigenvalue weighted by atomic mass is 9.92. The number of hydrogen-bond donors (Lipinski definition) is 3. The van der Waals surface area contributed by atoms with Crippen molar-refractivity contribution in [1.82, 2.24) is 10.6 Å². The summed E-state index contributed by atoms with van der Waals surface area (Å²) in [7, 11) is 1.52. The summed E-state index contributed by atoms with van der Waals surface area (Å²) in [6, 6.07) is 0. The maximum absolute atomic E-state index is 11.7. The molecule has 0 saturated heterocycles. The molecule has 0 aliphatic rings. The number of carboxylic acids is 1. The van der Waals surface area contributed by atoms with Crippen molar-refractivity contribution in [3.8, 4) is 0 Å². The average Bonchev–Trinajstić information content (AvgIpc) is 2.32. The van der Waals surface area contributed by atoms with Crippen molar-refractivity contribution in [1.29, 1.82) is 0 Å². The first-order valence-electron chi connectivity index (χ1n) is 5.54. The molecule has 0 rings (SSSR count). The van der Waals surface area contributed by atoms with E-state index >= 15 is 0 Å². The lowest BCUT2D eigenvalue weighted by molar-refractivity contribution is -0.133. The second-order valence-electron chi connectivity index (χ2n) is 4.70. The van der Waals surface area contributed by atoms with Crippen LogP contribution in [0.2, 0.25) is 0 Å². The van der Waals surface area contributed by atoms with Gasteiger partial charge in [-0.2, -0.15) is 0 Å². The van der Waals surface area contributed by atoms with Crippen LogP contribution in [0, 0.1) is 5.41 Å². The van der Waals surface area contributed by atoms with E-state index in [-0.39, 0.29) is 23.6 Å². The Balaban J connectivity index is 4.67. The van der Waals surface area contributed by atoms with E-state index in [9.17, 15) is 14.4 Å². The van der Waals surface area contributed by atoms with Gasteiger partial charge in [0.15, 0.2) is 0 Å². The molecule has 0 aromatic rings. The zero-order valence-electron chi connectivity index (χ0n) is 11.4. The van der Waals surface area contributed by atoms with Gasteiger partial charge in [-0.3, -0.25) is 9.59 Å². The van der Waals surface area contributed by atoms with Gasteiger partial charge in [-0.05, 0) is 27.7 Å². The van der Waals surface area contributed by atoms with Gasteiger partial charge in [-0.25, -0.2) is 4.79 Å². The fraction of sp³-hybridized carbons (Fsp3) is 0.583. The van der Waals surface area contributed by atoms with E-state index in [2.05, 4.69) is 10.6 Å². The SMILES string of the molecule is CNC(=O)C(C)(C)CNC(=O)C(C)=C(C)C(=O)O. The summed E-state index contributed by atoms with van der Waals surface area (Å²) in [4.78, 5) is 33.9. The minimum Gasteiger partial charge on any atom is -0.478 e. The average molecular weight is 256 g/mol. The third-order valence-corrected chi connectivity index (χ3v) is 2.76. The van der Waals surface area contributed by atoms with Crippen LogP contribution in [-0.2, 0) is 14.4 Å². The largest absolute Gasteiger partial charge is 0.478 e. The molecule has 6 nitrogen and oxygen atoms in total. The van der Waals surface area contributed by atoms with Crippen molar-refractivity contribution in [3.63, 3.8) is 0 Å². The van der Waals surface area contributed by atoms with Gasteiger partial charge < -0.3 is 15.7 Å². The summed E-state index contributed by atoms with van der Waals surface area (Å²) in [6.07, 6.45) is 0. The van der Waals surface area contributed by atoms with Gasteiger partial charge in [-0.15, -0.1) is 0 Å². The Hall–Kier alpha value is -1.85. The highest BCUT2D eigenvalue weighted by Crippen LogP contribution is 2.13. The van der Waals surface area contributed by atoms with E-state index in [1.54, 1.807) is 13.8 Å². The van der Waals surface area contributed by atoms with Gasteiger partial charge in [0.2, 0.25) is 11.8 Å². The summed E-state index contributed by atoms with van der Waals surface area (Å²) in [5, 5.41) is 13.8. The molecule has 0 aliphatic carbocycles. The maximum atomic E-state index is 11.7. The predicted octanol–water partition coefficient (Wildman–Crippen LogP) is 0.296. The first-order chi connectivity index (χ1) is 8.13. The van der Waals surface area contributed by atoms with Crippen LogP contribution in [0.3, 0.4) is 0 Å². The lowest BCUT2D eigenvalue weighted by Gasteiger charge is -2.23. The van der Waals surface area contributed by atoms with Crippen molar-refractivity contribution >= 4 is 17.8 Å². The summed E-state index contributed by atoms with van der Waals surface area (Å²) >= 11 is 0. The third-order valence-electron chi connectivity index (χ3n) is 2.76. The highest BCUT2D eigenvalue weighted by atomic mass is 16.4. The minimum atomic E-state index is -1.13. The fourth-order valence-electron chi connectivity index (χ4n) is 1.18. The molecule has 0 spiro atoms. The summed E-state index contributed by atoms with van der Waals surface area (Å²) in [6.45, 7) is 6.31. The molecule has 18 heavy (non-hydrogen) atoms. The number of hydrogen-bond acceptors (Lipinski definition) is 3. The van der Waals surface area contributed by atoms with Gasteiger partial charge in [0.05, 0.1) is 5.41 Å². The Morgan fingerprint density at radius 2 is 1.61 bits per heavy atom. The number of nitrogens with one attached hydrogen (secondary N) is 2. The van der Waals surface area contributed by atoms with Crippen LogP contribution < -0.4 is 10.6 Å². The highest BCUT2D eigenvalue weighted by molar-refractivity contribution is 6.01. The fourth-order valence-corrected chi connectivity index (χ4v) is 1.18. The molecule has 0 saturated carbocycles. The Morgan fingerprint density at radius 1 is 1.11 bits per heavy atom. The van der Waals surface area contributed by atoms with E-state index in [4.69, 9.17) is 5.11 Å². The summed E-state index contributed by atoms with van der Waals surface area (Å²) in [5.74, 6) is -1.81. The van der Waals surface area contributed by atoms with Crippen LogP contribution in [0.25, 0.3) is 0 Å². The number of aliphatic carboxylic acids is 1. The van der Waals surface area contributed by atoms with Crippen LogP contribution in [0.5, 0.6) is 0 Å². The first-order valence-corrected chi connectivity index (χ1v) is 5.54. The molecule has 0 aromatic heterocycles. The maximum Gasteiger partial charge on any atom is 0.331 e. The number of carbonyl (C=O) groups excluding carboxylic acids is 2. The van der Waals surface area contributed by atoms with Gasteiger partial charge in [-0.1, -0.05) is 0 Å². The van der Waals surface area contributed by atoms with Crippen molar-refractivity contribution < 1.29 is 19.5 Å². The molecule has 3 N–H and O–H groups in total. The Kier molecular flexibility index (Phi) is 5.55. The number of rotatable bonds is 5. The smallest absolute Gasteiger partial charge is 0.331 e. The Labute approximate surface area is 106 Å². The molecule has 0 fully saturated rings. The topological polar surface area (TPSA) is 95.5 Å². The molecular formula is C12H20N2O4. The molecule has 0 unspecified atom stereocenters. The van der Waals surface area contributed by atoms with Gasteiger partial charge in [0.1, 0.15) is 0 Å². The van der Waals surface area contributed by atoms with Crippen LogP contribution in [-0.4, -0.2) is 36.5 Å². The summed E-state index contributed by atoms with van der Waals surface area (Å²) < 4.78 is 0. The van der Waals surface area contributed by atoms with E-state index in [1.807, 2.05) is 0 Å². The predicted molar refractivity (Wildman–Crippen MR) is 66.9 cm³/mol. The van der Waals surface area contributed by atoms with Crippen molar-refractivity contribution in [3.05, 3.63) is 11.1 Å². The standard InChI is InChI=1S/C12H20N2O4/c1-7(8(2)10(16)17)9(15)14-6-12(3,4)11(18)13-5/h6H2,1-5H3,(H,13,18)(H,14,15)(H,16,17). The third kappa shape index (κ3) is 4.20. The molecule has 2 amide bonds. The monoisotopic (exact) mass is 256 g/mol. The lowest BCUT2D eigenvalue weighted by Crippen LogP contribution is -2.44. The van der Waals surface area contributed by atoms with Crippen molar-refractivity contribution in [2.45, 2.75) is 27.7 Å². The van der Waals surface area contributed by atoms with Crippen molar-refractivity contribution in [2.75, 3.05) is 13.6 Å². The zero-order valence-corrected chi connectivity index (χ0v) is 11.4. The van der Waals surface area contributed by atoms with E-state index < -0.39 is 17.3 Å². The molecule has 0 radical (unpaired) electrons. The Morgan fingerprint density at radius 3 is 2.00 bits per heavy atom. The molecule has 0 heterocycles. The number of carboxylic acid groups (broad SMARTS) is 1. The minimum absolute atomic E-state index is 0.00903. The second-order valence-corrected chi connectivity index (χ2v) is 4.70. The molecule has 0 atom stereocenters. The molecule has 6 heteroatoms. The highest BCUT2D eigenvalue weighted by Gasteiger charge is 2.27. The van der Waals surface area contributed by atoms with E-state index in [0.717, 1.165) is 0 Å². The van der Waals surface area contributed by atoms with Crippen LogP contribution in [0.4, 0.5) is 0 Å². The Bertz CT molecular complexity index is 397. The van der Waals surface area contributed by atoms with Gasteiger partial charge in [0.25, 0.3) is 0 Å². The number of carbonyl (C=O) groups is 3. The van der Waals surface area contributed by atoms with Crippen LogP contribution in [0.15, 0.2) is 11.1 Å². The molecular weight excluding hydrogens is 236 g/mol. The molecule has 0 aromatic carbocycles. The second kappa shape index (κ2) is 6.18. The van der Waals surface area contributed by atoms with Crippen LogP contribution in [0.1, 0.15) is 27.7 Å². The van der Waals surface area contributed by atoms with E-state index in [0.29, 0.717) is 0 Å². The quantitative estimate of drug-likeness (QED) is 0.616. The van der Waals surface area contributed by atoms with Crippen molar-refractivity contribution in [2.24, 2.45) is 5.41 Å². The zero-order chi connectivity index (χ0) is 14.5.